The second kappa shape index (κ2) is 13.9. The lowest BCUT2D eigenvalue weighted by Gasteiger charge is -2.35. The molecule has 2 aliphatic rings. The molecule has 11 nitrogen and oxygen atoms in total. The van der Waals surface area contributed by atoms with E-state index in [2.05, 4.69) is 0 Å². The fourth-order valence-electron chi connectivity index (χ4n) is 6.02. The number of benzene rings is 3. The fraction of sp³-hybridized carbons (Fsp3) is 0.394. The second-order valence-electron chi connectivity index (χ2n) is 10.7. The Morgan fingerprint density at radius 2 is 1.50 bits per heavy atom. The number of hydrogen-bond acceptors (Lipinski definition) is 9. The average Bonchev–Trinajstić information content (AvgIpc) is 3.64. The molecule has 5 rings (SSSR count). The van der Waals surface area contributed by atoms with Crippen LogP contribution in [0.1, 0.15) is 28.2 Å². The molecule has 0 bridgehead atoms. The van der Waals surface area contributed by atoms with Gasteiger partial charge in [-0.25, -0.2) is 9.59 Å². The van der Waals surface area contributed by atoms with Gasteiger partial charge in [0.05, 0.1) is 39.0 Å². The van der Waals surface area contributed by atoms with Crippen molar-refractivity contribution in [3.05, 3.63) is 89.0 Å². The molecule has 0 unspecified atom stereocenters. The van der Waals surface area contributed by atoms with Gasteiger partial charge in [0.15, 0.2) is 18.3 Å². The molecule has 4 atom stereocenters. The summed E-state index contributed by atoms with van der Waals surface area (Å²) in [5, 5.41) is 10.9. The molecule has 3 aromatic carbocycles. The molecule has 11 heteroatoms. The van der Waals surface area contributed by atoms with Crippen LogP contribution >= 0.6 is 0 Å². The molecule has 0 spiro atoms. The number of carbonyl (C=O) groups is 2. The molecule has 2 aliphatic heterocycles. The van der Waals surface area contributed by atoms with Crippen molar-refractivity contribution < 1.29 is 43.1 Å². The van der Waals surface area contributed by atoms with Crippen LogP contribution in [-0.4, -0.2) is 86.5 Å². The first-order chi connectivity index (χ1) is 21.4. The Bertz CT molecular complexity index is 1440. The van der Waals surface area contributed by atoms with Crippen LogP contribution in [0.4, 0.5) is 9.59 Å². The summed E-state index contributed by atoms with van der Waals surface area (Å²) < 4.78 is 33.9. The van der Waals surface area contributed by atoms with E-state index in [4.69, 9.17) is 28.4 Å². The SMILES string of the molecule is COCOc1c([C@@H](CO)[C@H]2[C@@H]3[C@H](CN2C(=O)OCc2ccccc2)N3C(=O)OCc2ccccc2)cc(OC)c(C)c1OC. The maximum atomic E-state index is 13.6. The summed E-state index contributed by atoms with van der Waals surface area (Å²) in [7, 11) is 4.56. The normalized spacial score (nSPS) is 19.2. The number of likely N-dealkylation sites (tertiary alicyclic amines) is 1. The Balaban J connectivity index is 1.47. The largest absolute Gasteiger partial charge is 0.496 e. The predicted molar refractivity (Wildman–Crippen MR) is 160 cm³/mol. The van der Waals surface area contributed by atoms with Crippen molar-refractivity contribution in [3.8, 4) is 17.2 Å². The third kappa shape index (κ3) is 6.24. The third-order valence-electron chi connectivity index (χ3n) is 8.15. The summed E-state index contributed by atoms with van der Waals surface area (Å²) in [4.78, 5) is 30.0. The molecular formula is C33H38N2O9. The van der Waals surface area contributed by atoms with Crippen LogP contribution in [0.5, 0.6) is 17.2 Å². The lowest BCUT2D eigenvalue weighted by molar-refractivity contribution is 0.0450. The van der Waals surface area contributed by atoms with E-state index in [1.54, 1.807) is 23.0 Å². The van der Waals surface area contributed by atoms with E-state index in [0.29, 0.717) is 28.4 Å². The van der Waals surface area contributed by atoms with Crippen LogP contribution in [0.2, 0.25) is 0 Å². The van der Waals surface area contributed by atoms with Gasteiger partial charge in [-0.05, 0) is 24.1 Å². The smallest absolute Gasteiger partial charge is 0.410 e. The topological polar surface area (TPSA) is 116 Å². The van der Waals surface area contributed by atoms with Crippen molar-refractivity contribution in [2.45, 2.75) is 44.2 Å². The van der Waals surface area contributed by atoms with Crippen molar-refractivity contribution >= 4 is 12.2 Å². The zero-order chi connectivity index (χ0) is 31.2. The molecular weight excluding hydrogens is 568 g/mol. The first kappa shape index (κ1) is 31.0. The molecule has 2 heterocycles. The van der Waals surface area contributed by atoms with E-state index < -0.39 is 30.2 Å². The van der Waals surface area contributed by atoms with Gasteiger partial charge in [0.1, 0.15) is 19.0 Å². The van der Waals surface area contributed by atoms with Crippen LogP contribution in [0.15, 0.2) is 66.7 Å². The van der Waals surface area contributed by atoms with Gasteiger partial charge in [-0.3, -0.25) is 4.90 Å². The number of ether oxygens (including phenoxy) is 6. The van der Waals surface area contributed by atoms with Gasteiger partial charge in [-0.15, -0.1) is 0 Å². The molecule has 2 saturated heterocycles. The number of methoxy groups -OCH3 is 3. The maximum absolute atomic E-state index is 13.6. The zero-order valence-corrected chi connectivity index (χ0v) is 25.3. The fourth-order valence-corrected chi connectivity index (χ4v) is 6.02. The summed E-state index contributed by atoms with van der Waals surface area (Å²) in [6, 6.07) is 19.2. The predicted octanol–water partition coefficient (Wildman–Crippen LogP) is 4.48. The summed E-state index contributed by atoms with van der Waals surface area (Å²) in [6.07, 6.45) is -1.04. The Morgan fingerprint density at radius 1 is 0.886 bits per heavy atom. The highest BCUT2D eigenvalue weighted by Gasteiger charge is 2.66. The Hall–Kier alpha value is -4.48. The number of piperazine rings is 1. The monoisotopic (exact) mass is 606 g/mol. The highest BCUT2D eigenvalue weighted by atomic mass is 16.7. The lowest BCUT2D eigenvalue weighted by Crippen LogP contribution is -2.48. The Kier molecular flexibility index (Phi) is 9.76. The summed E-state index contributed by atoms with van der Waals surface area (Å²) in [5.41, 5.74) is 2.94. The molecule has 0 aliphatic carbocycles. The van der Waals surface area contributed by atoms with Gasteiger partial charge in [-0.1, -0.05) is 60.7 Å². The highest BCUT2D eigenvalue weighted by molar-refractivity contribution is 5.76. The van der Waals surface area contributed by atoms with Crippen LogP contribution in [0, 0.1) is 6.92 Å². The number of carbonyl (C=O) groups excluding carboxylic acids is 2. The van der Waals surface area contributed by atoms with Crippen molar-refractivity contribution in [1.29, 1.82) is 0 Å². The van der Waals surface area contributed by atoms with Crippen LogP contribution in [0.3, 0.4) is 0 Å². The maximum Gasteiger partial charge on any atom is 0.410 e. The lowest BCUT2D eigenvalue weighted by atomic mass is 9.88. The van der Waals surface area contributed by atoms with Gasteiger partial charge in [0.2, 0.25) is 0 Å². The summed E-state index contributed by atoms with van der Waals surface area (Å²) in [5.74, 6) is 0.573. The standard InChI is InChI=1S/C33H38N2O9/c1-21-27(40-3)15-24(31(30(21)41-4)44-20-39-2)25(17-36)28-29-26(35(29)33(38)43-19-23-13-9-6-10-14-23)16-34(28)32(37)42-18-22-11-7-5-8-12-22/h5-15,25-26,28-29,36H,16-20H2,1-4H3/t25-,26+,28+,29+,35?/m1/s1. The summed E-state index contributed by atoms with van der Waals surface area (Å²) >= 11 is 0. The molecule has 0 radical (unpaired) electrons. The molecule has 234 valence electrons. The number of rotatable bonds is 12. The van der Waals surface area contributed by atoms with Crippen molar-refractivity contribution in [3.63, 3.8) is 0 Å². The van der Waals surface area contributed by atoms with E-state index in [1.165, 1.54) is 14.2 Å². The van der Waals surface area contributed by atoms with Crippen LogP contribution < -0.4 is 14.2 Å². The summed E-state index contributed by atoms with van der Waals surface area (Å²) in [6.45, 7) is 1.80. The molecule has 0 aromatic heterocycles. The average molecular weight is 607 g/mol. The number of nitrogens with zero attached hydrogens (tertiary/aromatic N) is 2. The number of fused-ring (bicyclic) bond motifs is 1. The van der Waals surface area contributed by atoms with Gasteiger partial charge in [-0.2, -0.15) is 0 Å². The van der Waals surface area contributed by atoms with Gasteiger partial charge in [0, 0.05) is 30.7 Å². The minimum Gasteiger partial charge on any atom is -0.496 e. The molecule has 2 amide bonds. The number of hydrogen-bond donors (Lipinski definition) is 1. The highest BCUT2D eigenvalue weighted by Crippen LogP contribution is 2.51. The number of amides is 2. The Morgan fingerprint density at radius 3 is 2.05 bits per heavy atom. The molecule has 3 aromatic rings. The van der Waals surface area contributed by atoms with Crippen molar-refractivity contribution in [2.24, 2.45) is 0 Å². The van der Waals surface area contributed by atoms with Crippen molar-refractivity contribution in [2.75, 3.05) is 41.3 Å². The first-order valence-corrected chi connectivity index (χ1v) is 14.4. The van der Waals surface area contributed by atoms with Crippen molar-refractivity contribution in [1.82, 2.24) is 9.80 Å². The van der Waals surface area contributed by atoms with E-state index in [1.807, 2.05) is 67.6 Å². The quantitative estimate of drug-likeness (QED) is 0.235. The zero-order valence-electron chi connectivity index (χ0n) is 25.3. The molecule has 44 heavy (non-hydrogen) atoms. The van der Waals surface area contributed by atoms with E-state index in [0.717, 1.165) is 11.1 Å². The molecule has 0 saturated carbocycles. The third-order valence-corrected chi connectivity index (χ3v) is 8.15. The minimum absolute atomic E-state index is 0.0786. The number of aliphatic hydroxyl groups is 1. The Labute approximate surface area is 256 Å². The second-order valence-corrected chi connectivity index (χ2v) is 10.7. The van der Waals surface area contributed by atoms with Gasteiger partial charge >= 0.3 is 12.2 Å². The molecule has 2 fully saturated rings. The van der Waals surface area contributed by atoms with Crippen LogP contribution in [-0.2, 0) is 27.4 Å². The van der Waals surface area contributed by atoms with E-state index in [9.17, 15) is 14.7 Å². The first-order valence-electron chi connectivity index (χ1n) is 14.4. The van der Waals surface area contributed by atoms with Crippen LogP contribution in [0.25, 0.3) is 0 Å². The van der Waals surface area contributed by atoms with Gasteiger partial charge in [0.25, 0.3) is 0 Å². The van der Waals surface area contributed by atoms with Gasteiger partial charge < -0.3 is 38.4 Å². The van der Waals surface area contributed by atoms with E-state index in [-0.39, 0.29) is 39.2 Å². The number of aliphatic hydroxyl groups excluding tert-OH is 1. The minimum atomic E-state index is -0.712. The molecule has 1 N–H and O–H groups in total. The van der Waals surface area contributed by atoms with E-state index >= 15 is 0 Å².